The number of nitrogens with one attached hydrogen (secondary N) is 2. The van der Waals surface area contributed by atoms with Crippen molar-refractivity contribution in [2.45, 2.75) is 31.9 Å². The van der Waals surface area contributed by atoms with Crippen molar-refractivity contribution in [3.05, 3.63) is 77.8 Å². The van der Waals surface area contributed by atoms with Crippen molar-refractivity contribution in [3.63, 3.8) is 0 Å². The fourth-order valence-electron chi connectivity index (χ4n) is 4.71. The smallest absolute Gasteiger partial charge is 0.249 e. The molecule has 2 aromatic heterocycles. The number of amides is 1. The number of nitrogens with zero attached hydrogens (tertiary/aromatic N) is 4. The molecule has 1 amide bonds. The van der Waals surface area contributed by atoms with E-state index in [-0.39, 0.29) is 23.2 Å². The fraction of sp³-hybridized carbons (Fsp3) is 0.231. The maximum Gasteiger partial charge on any atom is 0.249 e. The molecule has 2 aromatic carbocycles. The highest BCUT2D eigenvalue weighted by Gasteiger charge is 2.50. The Morgan fingerprint density at radius 2 is 1.76 bits per heavy atom. The molecule has 0 unspecified atom stereocenters. The average molecular weight is 508 g/mol. The first-order valence-electron chi connectivity index (χ1n) is 11.6. The summed E-state index contributed by atoms with van der Waals surface area (Å²) >= 11 is 0. The van der Waals surface area contributed by atoms with Crippen molar-refractivity contribution in [3.8, 4) is 22.5 Å². The zero-order valence-corrected chi connectivity index (χ0v) is 19.3. The van der Waals surface area contributed by atoms with Gasteiger partial charge >= 0.3 is 0 Å². The van der Waals surface area contributed by atoms with Crippen LogP contribution in [-0.2, 0) is 17.9 Å². The lowest BCUT2D eigenvalue weighted by atomic mass is 9.80. The Hall–Kier alpha value is -4.28. The van der Waals surface area contributed by atoms with E-state index in [9.17, 15) is 22.4 Å². The van der Waals surface area contributed by atoms with Gasteiger partial charge in [0.1, 0.15) is 5.82 Å². The highest BCUT2D eigenvalue weighted by molar-refractivity contribution is 5.81. The zero-order valence-electron chi connectivity index (χ0n) is 19.3. The standard InChI is InChI=1S/C26H20F4N6O/c27-20-6-14(19-9-32-33-10-19)3-4-22(20)34-24-21(28)11-31-23(35-24)15-1-2-16-12-36(13-17(16)5-15)25(37)18-7-26(29,30)8-18/h1-6,9-11,18H,7-8,12-13H2,(H,32,33)(H,31,34,35). The number of hydrogen-bond acceptors (Lipinski definition) is 5. The first-order chi connectivity index (χ1) is 17.8. The Morgan fingerprint density at radius 1 is 0.973 bits per heavy atom. The minimum absolute atomic E-state index is 0.0421. The van der Waals surface area contributed by atoms with E-state index in [1.807, 2.05) is 6.07 Å². The average Bonchev–Trinajstić information content (AvgIpc) is 3.54. The number of rotatable bonds is 5. The summed E-state index contributed by atoms with van der Waals surface area (Å²) in [6, 6.07) is 9.84. The van der Waals surface area contributed by atoms with Gasteiger partial charge in [0.25, 0.3) is 0 Å². The number of benzene rings is 2. The van der Waals surface area contributed by atoms with Gasteiger partial charge in [-0.15, -0.1) is 0 Å². The molecule has 0 atom stereocenters. The molecule has 2 aliphatic rings. The number of fused-ring (bicyclic) bond motifs is 1. The molecule has 1 aliphatic heterocycles. The normalized spacial score (nSPS) is 16.4. The molecule has 1 aliphatic carbocycles. The molecule has 0 saturated heterocycles. The van der Waals surface area contributed by atoms with E-state index in [0.29, 0.717) is 29.8 Å². The summed E-state index contributed by atoms with van der Waals surface area (Å²) in [5.74, 6) is -4.99. The zero-order chi connectivity index (χ0) is 25.7. The fourth-order valence-corrected chi connectivity index (χ4v) is 4.71. The molecule has 0 spiro atoms. The van der Waals surface area contributed by atoms with Crippen LogP contribution in [0.1, 0.15) is 24.0 Å². The van der Waals surface area contributed by atoms with E-state index in [2.05, 4.69) is 25.5 Å². The number of anilines is 2. The van der Waals surface area contributed by atoms with Gasteiger partial charge in [0.2, 0.25) is 11.8 Å². The van der Waals surface area contributed by atoms with Crippen molar-refractivity contribution in [1.82, 2.24) is 25.1 Å². The molecule has 4 aromatic rings. The van der Waals surface area contributed by atoms with E-state index < -0.39 is 36.3 Å². The van der Waals surface area contributed by atoms with Crippen LogP contribution < -0.4 is 5.32 Å². The van der Waals surface area contributed by atoms with E-state index in [0.717, 1.165) is 17.3 Å². The van der Waals surface area contributed by atoms with Gasteiger partial charge in [0.05, 0.1) is 18.1 Å². The lowest BCUT2D eigenvalue weighted by Gasteiger charge is -2.36. The van der Waals surface area contributed by atoms with Crippen LogP contribution in [0.2, 0.25) is 0 Å². The van der Waals surface area contributed by atoms with Crippen LogP contribution in [-0.4, -0.2) is 36.9 Å². The van der Waals surface area contributed by atoms with Gasteiger partial charge in [-0.25, -0.2) is 27.5 Å². The minimum atomic E-state index is -2.75. The predicted molar refractivity (Wildman–Crippen MR) is 127 cm³/mol. The Morgan fingerprint density at radius 3 is 2.49 bits per heavy atom. The van der Waals surface area contributed by atoms with Crippen molar-refractivity contribution >= 4 is 17.4 Å². The van der Waals surface area contributed by atoms with Gasteiger partial charge in [-0.3, -0.25) is 9.89 Å². The van der Waals surface area contributed by atoms with E-state index in [1.165, 1.54) is 12.1 Å². The molecular weight excluding hydrogens is 488 g/mol. The van der Waals surface area contributed by atoms with Gasteiger partial charge in [-0.2, -0.15) is 5.10 Å². The molecule has 37 heavy (non-hydrogen) atoms. The van der Waals surface area contributed by atoms with Crippen LogP contribution in [0.25, 0.3) is 22.5 Å². The second-order valence-corrected chi connectivity index (χ2v) is 9.34. The molecule has 1 saturated carbocycles. The molecule has 6 rings (SSSR count). The third-order valence-corrected chi connectivity index (χ3v) is 6.74. The molecule has 1 fully saturated rings. The van der Waals surface area contributed by atoms with E-state index in [1.54, 1.807) is 35.5 Å². The van der Waals surface area contributed by atoms with Gasteiger partial charge < -0.3 is 10.2 Å². The Labute approximate surface area is 208 Å². The van der Waals surface area contributed by atoms with Crippen LogP contribution in [0.15, 0.2) is 55.0 Å². The van der Waals surface area contributed by atoms with E-state index >= 15 is 0 Å². The Bertz CT molecular complexity index is 1500. The first-order valence-corrected chi connectivity index (χ1v) is 11.6. The van der Waals surface area contributed by atoms with Crippen molar-refractivity contribution in [1.29, 1.82) is 0 Å². The van der Waals surface area contributed by atoms with E-state index in [4.69, 9.17) is 0 Å². The van der Waals surface area contributed by atoms with Crippen molar-refractivity contribution < 1.29 is 22.4 Å². The summed E-state index contributed by atoms with van der Waals surface area (Å²) in [5, 5.41) is 9.20. The second kappa shape index (κ2) is 8.68. The van der Waals surface area contributed by atoms with Gasteiger partial charge in [-0.1, -0.05) is 18.2 Å². The largest absolute Gasteiger partial charge is 0.335 e. The van der Waals surface area contributed by atoms with Crippen molar-refractivity contribution in [2.24, 2.45) is 5.92 Å². The molecule has 7 nitrogen and oxygen atoms in total. The number of alkyl halides is 2. The molecule has 0 radical (unpaired) electrons. The molecule has 0 bridgehead atoms. The SMILES string of the molecule is O=C(C1CC(F)(F)C1)N1Cc2ccc(-c3ncc(F)c(Nc4ccc(-c5cn[nH]c5)cc4F)n3)cc2C1. The highest BCUT2D eigenvalue weighted by Crippen LogP contribution is 2.44. The minimum Gasteiger partial charge on any atom is -0.335 e. The maximum atomic E-state index is 14.7. The summed E-state index contributed by atoms with van der Waals surface area (Å²) in [5.41, 5.74) is 3.70. The summed E-state index contributed by atoms with van der Waals surface area (Å²) in [4.78, 5) is 22.5. The number of halogens is 4. The lowest BCUT2D eigenvalue weighted by molar-refractivity contribution is -0.160. The van der Waals surface area contributed by atoms with Crippen LogP contribution in [0, 0.1) is 17.6 Å². The maximum absolute atomic E-state index is 14.7. The summed E-state index contributed by atoms with van der Waals surface area (Å²) in [6.45, 7) is 0.645. The molecule has 188 valence electrons. The summed E-state index contributed by atoms with van der Waals surface area (Å²) < 4.78 is 55.6. The Balaban J connectivity index is 1.20. The van der Waals surface area contributed by atoms with Gasteiger partial charge in [0, 0.05) is 49.2 Å². The number of hydrogen-bond donors (Lipinski definition) is 2. The van der Waals surface area contributed by atoms with Crippen LogP contribution in [0.3, 0.4) is 0 Å². The quantitative estimate of drug-likeness (QED) is 0.351. The number of aromatic nitrogens is 4. The topological polar surface area (TPSA) is 86.8 Å². The first kappa shape index (κ1) is 23.1. The number of aromatic amines is 1. The highest BCUT2D eigenvalue weighted by atomic mass is 19.3. The molecule has 11 heteroatoms. The Kier molecular flexibility index (Phi) is 5.43. The number of carbonyl (C=O) groups is 1. The van der Waals surface area contributed by atoms with Crippen LogP contribution in [0.5, 0.6) is 0 Å². The monoisotopic (exact) mass is 508 g/mol. The summed E-state index contributed by atoms with van der Waals surface area (Å²) in [7, 11) is 0. The lowest BCUT2D eigenvalue weighted by Crippen LogP contribution is -2.45. The van der Waals surface area contributed by atoms with Gasteiger partial charge in [-0.05, 0) is 34.9 Å². The van der Waals surface area contributed by atoms with Crippen LogP contribution in [0.4, 0.5) is 29.1 Å². The molecular formula is C26H20F4N6O. The third-order valence-electron chi connectivity index (χ3n) is 6.74. The number of H-pyrrole nitrogens is 1. The van der Waals surface area contributed by atoms with Crippen LogP contribution >= 0.6 is 0 Å². The molecule has 3 heterocycles. The van der Waals surface area contributed by atoms with Crippen molar-refractivity contribution in [2.75, 3.05) is 5.32 Å². The van der Waals surface area contributed by atoms with Gasteiger partial charge in [0.15, 0.2) is 17.5 Å². The summed E-state index contributed by atoms with van der Waals surface area (Å²) in [6.07, 6.45) is 3.39. The predicted octanol–water partition coefficient (Wildman–Crippen LogP) is 5.44. The number of carbonyl (C=O) groups excluding carboxylic acids is 1. The second-order valence-electron chi connectivity index (χ2n) is 9.34. The molecule has 2 N–H and O–H groups in total. The third kappa shape index (κ3) is 4.41.